The van der Waals surface area contributed by atoms with Crippen molar-refractivity contribution in [2.45, 2.75) is 45.4 Å². The molecular formula is C34H38N2O2. The van der Waals surface area contributed by atoms with Gasteiger partial charge in [0, 0.05) is 27.9 Å². The smallest absolute Gasteiger partial charge is 0.131 e. The number of anilines is 2. The van der Waals surface area contributed by atoms with Gasteiger partial charge < -0.3 is 20.9 Å². The predicted molar refractivity (Wildman–Crippen MR) is 157 cm³/mol. The molecule has 0 aromatic heterocycles. The van der Waals surface area contributed by atoms with Gasteiger partial charge in [-0.25, -0.2) is 0 Å². The fourth-order valence-electron chi connectivity index (χ4n) is 6.35. The summed E-state index contributed by atoms with van der Waals surface area (Å²) in [6, 6.07) is 32.3. The molecule has 0 spiro atoms. The second-order valence-electron chi connectivity index (χ2n) is 11.0. The number of para-hydroxylation sites is 2. The van der Waals surface area contributed by atoms with Crippen LogP contribution in [0.2, 0.25) is 0 Å². The summed E-state index contributed by atoms with van der Waals surface area (Å²) in [4.78, 5) is 0. The van der Waals surface area contributed by atoms with Crippen molar-refractivity contribution < 1.29 is 9.47 Å². The molecule has 4 N–H and O–H groups in total. The summed E-state index contributed by atoms with van der Waals surface area (Å²) in [5.41, 5.74) is 15.4. The average molecular weight is 507 g/mol. The third-order valence-corrected chi connectivity index (χ3v) is 8.03. The fourth-order valence-corrected chi connectivity index (χ4v) is 6.35. The third kappa shape index (κ3) is 5.08. The molecule has 1 aliphatic rings. The van der Waals surface area contributed by atoms with E-state index in [1.807, 2.05) is 48.5 Å². The highest BCUT2D eigenvalue weighted by Gasteiger charge is 2.49. The molecule has 4 aromatic rings. The Morgan fingerprint density at radius 3 is 1.55 bits per heavy atom. The maximum absolute atomic E-state index is 6.59. The first kappa shape index (κ1) is 25.7. The lowest BCUT2D eigenvalue weighted by Gasteiger charge is -2.50. The highest BCUT2D eigenvalue weighted by atomic mass is 16.5. The van der Waals surface area contributed by atoms with Gasteiger partial charge in [-0.15, -0.1) is 0 Å². The van der Waals surface area contributed by atoms with Crippen LogP contribution >= 0.6 is 0 Å². The topological polar surface area (TPSA) is 70.5 Å². The van der Waals surface area contributed by atoms with Gasteiger partial charge in [0.05, 0.1) is 0 Å². The molecule has 38 heavy (non-hydrogen) atoms. The molecule has 0 saturated heterocycles. The summed E-state index contributed by atoms with van der Waals surface area (Å²) in [6.07, 6.45) is 3.37. The van der Waals surface area contributed by atoms with E-state index in [1.54, 1.807) is 0 Å². The van der Waals surface area contributed by atoms with Crippen molar-refractivity contribution in [3.05, 3.63) is 108 Å². The Morgan fingerprint density at radius 2 is 1.11 bits per heavy atom. The molecular weight excluding hydrogens is 468 g/mol. The summed E-state index contributed by atoms with van der Waals surface area (Å²) >= 11 is 0. The Bertz CT molecular complexity index is 1270. The van der Waals surface area contributed by atoms with Gasteiger partial charge in [-0.2, -0.15) is 0 Å². The van der Waals surface area contributed by atoms with Crippen LogP contribution in [0.5, 0.6) is 23.0 Å². The molecule has 0 radical (unpaired) electrons. The molecule has 4 aromatic carbocycles. The Labute approximate surface area is 226 Å². The van der Waals surface area contributed by atoms with Crippen molar-refractivity contribution in [2.24, 2.45) is 17.8 Å². The second kappa shape index (κ2) is 10.8. The van der Waals surface area contributed by atoms with Crippen molar-refractivity contribution in [2.75, 3.05) is 11.5 Å². The van der Waals surface area contributed by atoms with Crippen LogP contribution in [0.1, 0.15) is 51.2 Å². The van der Waals surface area contributed by atoms with Gasteiger partial charge in [0.15, 0.2) is 0 Å². The van der Waals surface area contributed by atoms with E-state index < -0.39 is 0 Å². The number of nitrogens with two attached hydrogens (primary N) is 2. The molecule has 0 bridgehead atoms. The molecule has 2 unspecified atom stereocenters. The molecule has 1 saturated carbocycles. The van der Waals surface area contributed by atoms with E-state index in [0.29, 0.717) is 17.8 Å². The Morgan fingerprint density at radius 1 is 0.658 bits per heavy atom. The van der Waals surface area contributed by atoms with Crippen LogP contribution in [0.3, 0.4) is 0 Å². The monoisotopic (exact) mass is 506 g/mol. The summed E-state index contributed by atoms with van der Waals surface area (Å²) in [6.45, 7) is 7.07. The van der Waals surface area contributed by atoms with Crippen molar-refractivity contribution in [1.82, 2.24) is 0 Å². The zero-order valence-electron chi connectivity index (χ0n) is 22.6. The molecule has 1 aliphatic carbocycles. The van der Waals surface area contributed by atoms with Crippen LogP contribution in [-0.4, -0.2) is 0 Å². The van der Waals surface area contributed by atoms with Crippen LogP contribution in [0, 0.1) is 17.8 Å². The van der Waals surface area contributed by atoms with E-state index in [-0.39, 0.29) is 5.41 Å². The third-order valence-electron chi connectivity index (χ3n) is 8.03. The molecule has 196 valence electrons. The van der Waals surface area contributed by atoms with Crippen molar-refractivity contribution >= 4 is 11.4 Å². The lowest BCUT2D eigenvalue weighted by molar-refractivity contribution is 0.131. The second-order valence-corrected chi connectivity index (χ2v) is 11.0. The SMILES string of the molecule is CC1CCC(C(C)C)C(c2ccccc2Oc2ccc(N)cc2)(c2ccccc2Oc2ccc(N)cc2)C1. The van der Waals surface area contributed by atoms with Crippen LogP contribution in [0.25, 0.3) is 0 Å². The summed E-state index contributed by atoms with van der Waals surface area (Å²) in [5.74, 6) is 4.73. The van der Waals surface area contributed by atoms with Crippen molar-refractivity contribution in [1.29, 1.82) is 0 Å². The maximum Gasteiger partial charge on any atom is 0.131 e. The van der Waals surface area contributed by atoms with Gasteiger partial charge in [-0.1, -0.05) is 63.6 Å². The Kier molecular flexibility index (Phi) is 7.33. The number of hydrogen-bond donors (Lipinski definition) is 2. The molecule has 0 aliphatic heterocycles. The highest BCUT2D eigenvalue weighted by molar-refractivity contribution is 5.55. The number of nitrogen functional groups attached to an aromatic ring is 2. The van der Waals surface area contributed by atoms with Crippen molar-refractivity contribution in [3.63, 3.8) is 0 Å². The maximum atomic E-state index is 6.59. The molecule has 0 amide bonds. The Hall–Kier alpha value is -3.92. The van der Waals surface area contributed by atoms with E-state index in [1.165, 1.54) is 17.5 Å². The minimum atomic E-state index is -0.291. The van der Waals surface area contributed by atoms with E-state index in [4.69, 9.17) is 20.9 Å². The van der Waals surface area contributed by atoms with Gasteiger partial charge in [0.2, 0.25) is 0 Å². The molecule has 4 heteroatoms. The lowest BCUT2D eigenvalue weighted by Crippen LogP contribution is -2.44. The number of hydrogen-bond acceptors (Lipinski definition) is 4. The van der Waals surface area contributed by atoms with Gasteiger partial charge in [-0.3, -0.25) is 0 Å². The first-order chi connectivity index (χ1) is 18.4. The highest BCUT2D eigenvalue weighted by Crippen LogP contribution is 2.57. The first-order valence-electron chi connectivity index (χ1n) is 13.6. The fraction of sp³-hybridized carbons (Fsp3) is 0.294. The largest absolute Gasteiger partial charge is 0.457 e. The molecule has 0 heterocycles. The average Bonchev–Trinajstić information content (AvgIpc) is 2.91. The zero-order valence-corrected chi connectivity index (χ0v) is 22.6. The quantitative estimate of drug-likeness (QED) is 0.246. The van der Waals surface area contributed by atoms with Crippen molar-refractivity contribution in [3.8, 4) is 23.0 Å². The van der Waals surface area contributed by atoms with E-state index >= 15 is 0 Å². The summed E-state index contributed by atoms with van der Waals surface area (Å²) < 4.78 is 13.2. The predicted octanol–water partition coefficient (Wildman–Crippen LogP) is 8.81. The Balaban J connectivity index is 1.70. The minimum Gasteiger partial charge on any atom is -0.457 e. The van der Waals surface area contributed by atoms with Gasteiger partial charge in [-0.05, 0) is 91.3 Å². The number of rotatable bonds is 7. The van der Waals surface area contributed by atoms with Crippen LogP contribution in [0.4, 0.5) is 11.4 Å². The molecule has 4 nitrogen and oxygen atoms in total. The first-order valence-corrected chi connectivity index (χ1v) is 13.6. The normalized spacial score (nSPS) is 18.7. The molecule has 1 fully saturated rings. The van der Waals surface area contributed by atoms with Gasteiger partial charge in [0.25, 0.3) is 0 Å². The van der Waals surface area contributed by atoms with E-state index in [9.17, 15) is 0 Å². The molecule has 2 atom stereocenters. The van der Waals surface area contributed by atoms with Gasteiger partial charge >= 0.3 is 0 Å². The molecule has 5 rings (SSSR count). The summed E-state index contributed by atoms with van der Waals surface area (Å²) in [7, 11) is 0. The van der Waals surface area contributed by atoms with Crippen LogP contribution in [0.15, 0.2) is 97.1 Å². The van der Waals surface area contributed by atoms with Crippen LogP contribution in [-0.2, 0) is 5.41 Å². The zero-order chi connectivity index (χ0) is 26.7. The minimum absolute atomic E-state index is 0.291. The van der Waals surface area contributed by atoms with Crippen LogP contribution < -0.4 is 20.9 Å². The van der Waals surface area contributed by atoms with E-state index in [0.717, 1.165) is 47.2 Å². The number of ether oxygens (including phenoxy) is 2. The number of benzene rings is 4. The van der Waals surface area contributed by atoms with Gasteiger partial charge in [0.1, 0.15) is 23.0 Å². The lowest BCUT2D eigenvalue weighted by atomic mass is 9.54. The van der Waals surface area contributed by atoms with E-state index in [2.05, 4.69) is 69.3 Å². The summed E-state index contributed by atoms with van der Waals surface area (Å²) in [5, 5.41) is 0. The standard InChI is InChI=1S/C34H38N2O2/c1-23(2)29-21-12-24(3)22-34(29,30-8-4-6-10-32(30)37-27-17-13-25(35)14-18-27)31-9-5-7-11-33(31)38-28-19-15-26(36)16-20-28/h4-11,13-20,23-24,29H,12,21-22,35-36H2,1-3H3.